The fraction of sp³-hybridized carbons (Fsp3) is 0.0870. The van der Waals surface area contributed by atoms with Crippen molar-refractivity contribution in [3.63, 3.8) is 0 Å². The predicted molar refractivity (Wildman–Crippen MR) is 125 cm³/mol. The van der Waals surface area contributed by atoms with Gasteiger partial charge < -0.3 is 15.4 Å². The highest BCUT2D eigenvalue weighted by molar-refractivity contribution is 5.99. The summed E-state index contributed by atoms with van der Waals surface area (Å²) in [5, 5.41) is 5.87. The second kappa shape index (κ2) is 8.79. The summed E-state index contributed by atoms with van der Waals surface area (Å²) in [6.45, 7) is 3.43. The first-order chi connectivity index (χ1) is 15.9. The average molecular weight is 444 g/mol. The summed E-state index contributed by atoms with van der Waals surface area (Å²) < 4.78 is 7.43. The van der Waals surface area contributed by atoms with Gasteiger partial charge in [0.15, 0.2) is 5.65 Å². The van der Waals surface area contributed by atoms with Gasteiger partial charge in [-0.1, -0.05) is 12.6 Å². The van der Waals surface area contributed by atoms with Crippen molar-refractivity contribution in [3.05, 3.63) is 88.2 Å². The maximum Gasteiger partial charge on any atom is 0.337 e. The lowest BCUT2D eigenvalue weighted by atomic mass is 10.2. The van der Waals surface area contributed by atoms with E-state index in [0.29, 0.717) is 22.8 Å². The van der Waals surface area contributed by atoms with Crippen LogP contribution in [-0.4, -0.2) is 32.1 Å². The number of aromatic nitrogens is 4. The molecule has 4 aromatic rings. The zero-order chi connectivity index (χ0) is 23.5. The van der Waals surface area contributed by atoms with Crippen LogP contribution in [0.15, 0.2) is 77.0 Å². The predicted octanol–water partition coefficient (Wildman–Crippen LogP) is 2.36. The number of carbonyl (C=O) groups is 1. The first-order valence-electron chi connectivity index (χ1n) is 9.85. The van der Waals surface area contributed by atoms with E-state index in [0.717, 1.165) is 10.6 Å². The second-order valence-electron chi connectivity index (χ2n) is 7.01. The number of nitrogens with one attached hydrogen (secondary N) is 2. The minimum atomic E-state index is -0.589. The van der Waals surface area contributed by atoms with Gasteiger partial charge in [0.2, 0.25) is 11.9 Å². The molecule has 4 rings (SSSR count). The molecule has 33 heavy (non-hydrogen) atoms. The number of carbonyl (C=O) groups excluding carboxylic acids is 1. The van der Waals surface area contributed by atoms with Gasteiger partial charge in [-0.25, -0.2) is 14.3 Å². The van der Waals surface area contributed by atoms with Gasteiger partial charge in [-0.15, -0.1) is 0 Å². The minimum Gasteiger partial charge on any atom is -0.497 e. The van der Waals surface area contributed by atoms with Crippen molar-refractivity contribution in [2.45, 2.75) is 0 Å². The molecule has 10 heteroatoms. The van der Waals surface area contributed by atoms with Crippen LogP contribution in [-0.2, 0) is 11.8 Å². The summed E-state index contributed by atoms with van der Waals surface area (Å²) in [6, 6.07) is 13.8. The molecule has 0 aliphatic heterocycles. The van der Waals surface area contributed by atoms with Crippen molar-refractivity contribution in [2.75, 3.05) is 17.7 Å². The Morgan fingerprint density at radius 2 is 1.88 bits per heavy atom. The molecule has 2 N–H and O–H groups in total. The molecule has 0 fully saturated rings. The standard InChI is InChI=1S/C23H20N6O4/c1-4-19(30)25-15-6-5-7-16(12-15)29-20-18(21(31)28(2)23(29)32)13-24-22(27-20)26-14-8-10-17(33-3)11-9-14/h4-13H,1H2,2-3H3,(H,25,30)(H,24,26,27). The van der Waals surface area contributed by atoms with E-state index in [1.165, 1.54) is 17.8 Å². The maximum absolute atomic E-state index is 13.1. The largest absolute Gasteiger partial charge is 0.497 e. The zero-order valence-electron chi connectivity index (χ0n) is 17.9. The average Bonchev–Trinajstić information content (AvgIpc) is 2.83. The normalized spacial score (nSPS) is 10.6. The van der Waals surface area contributed by atoms with E-state index in [2.05, 4.69) is 27.2 Å². The molecule has 0 aliphatic carbocycles. The molecular weight excluding hydrogens is 424 g/mol. The summed E-state index contributed by atoms with van der Waals surface area (Å²) in [6.07, 6.45) is 2.51. The fourth-order valence-corrected chi connectivity index (χ4v) is 3.21. The zero-order valence-corrected chi connectivity index (χ0v) is 17.9. The summed E-state index contributed by atoms with van der Waals surface area (Å²) in [4.78, 5) is 46.1. The maximum atomic E-state index is 13.1. The van der Waals surface area contributed by atoms with Crippen LogP contribution in [0, 0.1) is 0 Å². The number of hydrogen-bond acceptors (Lipinski definition) is 7. The number of methoxy groups -OCH3 is 1. The molecule has 2 heterocycles. The third kappa shape index (κ3) is 4.22. The summed E-state index contributed by atoms with van der Waals surface area (Å²) >= 11 is 0. The van der Waals surface area contributed by atoms with Gasteiger partial charge in [-0.3, -0.25) is 14.2 Å². The summed E-state index contributed by atoms with van der Waals surface area (Å²) in [5.74, 6) is 0.504. The van der Waals surface area contributed by atoms with E-state index in [1.807, 2.05) is 0 Å². The van der Waals surface area contributed by atoms with Gasteiger partial charge in [-0.2, -0.15) is 4.98 Å². The fourth-order valence-electron chi connectivity index (χ4n) is 3.21. The van der Waals surface area contributed by atoms with Crippen LogP contribution in [0.5, 0.6) is 5.75 Å². The molecule has 0 unspecified atom stereocenters. The number of amides is 1. The van der Waals surface area contributed by atoms with Gasteiger partial charge in [0.1, 0.15) is 11.1 Å². The van der Waals surface area contributed by atoms with Crippen LogP contribution in [0.25, 0.3) is 16.7 Å². The minimum absolute atomic E-state index is 0.126. The van der Waals surface area contributed by atoms with Gasteiger partial charge in [0.25, 0.3) is 5.56 Å². The van der Waals surface area contributed by atoms with Crippen molar-refractivity contribution in [2.24, 2.45) is 7.05 Å². The second-order valence-corrected chi connectivity index (χ2v) is 7.01. The molecule has 166 valence electrons. The first-order valence-corrected chi connectivity index (χ1v) is 9.85. The van der Waals surface area contributed by atoms with Gasteiger partial charge in [-0.05, 0) is 48.5 Å². The quantitative estimate of drug-likeness (QED) is 0.438. The molecule has 0 radical (unpaired) electrons. The SMILES string of the molecule is C=CC(=O)Nc1cccc(-n2c(=O)n(C)c(=O)c3cnc(Nc4ccc(OC)cc4)nc32)c1. The molecule has 10 nitrogen and oxygen atoms in total. The van der Waals surface area contributed by atoms with E-state index < -0.39 is 17.2 Å². The Morgan fingerprint density at radius 3 is 2.58 bits per heavy atom. The Morgan fingerprint density at radius 1 is 1.12 bits per heavy atom. The van der Waals surface area contributed by atoms with Gasteiger partial charge in [0, 0.05) is 24.6 Å². The number of ether oxygens (including phenoxy) is 1. The molecule has 0 saturated heterocycles. The lowest BCUT2D eigenvalue weighted by molar-refractivity contribution is -0.111. The summed E-state index contributed by atoms with van der Waals surface area (Å²) in [5.41, 5.74) is 0.587. The Hall–Kier alpha value is -4.73. The Balaban J connectivity index is 1.86. The monoisotopic (exact) mass is 444 g/mol. The molecule has 2 aromatic carbocycles. The molecule has 0 atom stereocenters. The lowest BCUT2D eigenvalue weighted by Gasteiger charge is -2.13. The van der Waals surface area contributed by atoms with E-state index in [-0.39, 0.29) is 17.0 Å². The topological polar surface area (TPSA) is 120 Å². The van der Waals surface area contributed by atoms with Gasteiger partial charge in [0.05, 0.1) is 12.8 Å². The van der Waals surface area contributed by atoms with E-state index in [4.69, 9.17) is 4.74 Å². The third-order valence-corrected chi connectivity index (χ3v) is 4.90. The van der Waals surface area contributed by atoms with Crippen molar-refractivity contribution in [1.82, 2.24) is 19.1 Å². The number of nitrogens with zero attached hydrogens (tertiary/aromatic N) is 4. The third-order valence-electron chi connectivity index (χ3n) is 4.90. The molecule has 0 saturated carbocycles. The molecule has 0 aliphatic rings. The number of rotatable bonds is 6. The van der Waals surface area contributed by atoms with E-state index >= 15 is 0 Å². The molecule has 2 aromatic heterocycles. The van der Waals surface area contributed by atoms with Crippen LogP contribution in [0.2, 0.25) is 0 Å². The highest BCUT2D eigenvalue weighted by Gasteiger charge is 2.16. The van der Waals surface area contributed by atoms with Crippen LogP contribution < -0.4 is 26.6 Å². The Kier molecular flexibility index (Phi) is 5.73. The van der Waals surface area contributed by atoms with Crippen LogP contribution in [0.4, 0.5) is 17.3 Å². The van der Waals surface area contributed by atoms with Crippen molar-refractivity contribution in [1.29, 1.82) is 0 Å². The van der Waals surface area contributed by atoms with E-state index in [9.17, 15) is 14.4 Å². The number of fused-ring (bicyclic) bond motifs is 1. The number of hydrogen-bond donors (Lipinski definition) is 2. The Labute approximate surface area is 187 Å². The van der Waals surface area contributed by atoms with E-state index in [1.54, 1.807) is 55.6 Å². The highest BCUT2D eigenvalue weighted by atomic mass is 16.5. The summed E-state index contributed by atoms with van der Waals surface area (Å²) in [7, 11) is 2.96. The number of benzene rings is 2. The van der Waals surface area contributed by atoms with Crippen LogP contribution >= 0.6 is 0 Å². The van der Waals surface area contributed by atoms with Crippen molar-refractivity contribution >= 4 is 34.3 Å². The lowest BCUT2D eigenvalue weighted by Crippen LogP contribution is -2.38. The first kappa shape index (κ1) is 21.5. The number of anilines is 3. The Bertz CT molecular complexity index is 1490. The molecular formula is C23H20N6O4. The van der Waals surface area contributed by atoms with Crippen molar-refractivity contribution < 1.29 is 9.53 Å². The molecule has 1 amide bonds. The highest BCUT2D eigenvalue weighted by Crippen LogP contribution is 2.20. The molecule has 0 bridgehead atoms. The smallest absolute Gasteiger partial charge is 0.337 e. The van der Waals surface area contributed by atoms with Crippen molar-refractivity contribution in [3.8, 4) is 11.4 Å². The van der Waals surface area contributed by atoms with Crippen LogP contribution in [0.3, 0.4) is 0 Å². The van der Waals surface area contributed by atoms with Crippen LogP contribution in [0.1, 0.15) is 0 Å². The van der Waals surface area contributed by atoms with Gasteiger partial charge >= 0.3 is 5.69 Å². The molecule has 0 spiro atoms.